The van der Waals surface area contributed by atoms with Gasteiger partial charge in [0.15, 0.2) is 0 Å². The molecule has 1 aromatic carbocycles. The predicted molar refractivity (Wildman–Crippen MR) is 69.4 cm³/mol. The molecule has 1 unspecified atom stereocenters. The van der Waals surface area contributed by atoms with E-state index >= 15 is 0 Å². The molecule has 0 N–H and O–H groups in total. The van der Waals surface area contributed by atoms with Crippen molar-refractivity contribution in [2.75, 3.05) is 13.7 Å². The van der Waals surface area contributed by atoms with Crippen LogP contribution in [0.4, 0.5) is 0 Å². The number of hydrogen-bond acceptors (Lipinski definition) is 5. The fraction of sp³-hybridized carbons (Fsp3) is 0.385. The monoisotopic (exact) mass is 268 g/mol. The van der Waals surface area contributed by atoms with Gasteiger partial charge in [0, 0.05) is 4.90 Å². The van der Waals surface area contributed by atoms with Gasteiger partial charge in [0.05, 0.1) is 20.1 Å². The van der Waals surface area contributed by atoms with Crippen molar-refractivity contribution in [3.8, 4) is 0 Å². The zero-order valence-corrected chi connectivity index (χ0v) is 11.2. The van der Waals surface area contributed by atoms with Crippen molar-refractivity contribution in [3.05, 3.63) is 30.3 Å². The minimum absolute atomic E-state index is 0.00882. The maximum absolute atomic E-state index is 11.7. The van der Waals surface area contributed by atoms with Crippen molar-refractivity contribution in [2.45, 2.75) is 23.5 Å². The molecule has 0 spiro atoms. The van der Waals surface area contributed by atoms with Crippen LogP contribution in [0.5, 0.6) is 0 Å². The van der Waals surface area contributed by atoms with Crippen molar-refractivity contribution in [2.24, 2.45) is 0 Å². The molecular weight excluding hydrogens is 252 g/mol. The second kappa shape index (κ2) is 7.76. The lowest BCUT2D eigenvalue weighted by atomic mass is 10.3. The Hall–Kier alpha value is -1.49. The highest BCUT2D eigenvalue weighted by molar-refractivity contribution is 8.00. The van der Waals surface area contributed by atoms with Gasteiger partial charge in [0.2, 0.25) is 0 Å². The molecule has 0 radical (unpaired) electrons. The number of ether oxygens (including phenoxy) is 2. The van der Waals surface area contributed by atoms with Crippen LogP contribution < -0.4 is 0 Å². The Morgan fingerprint density at radius 3 is 2.50 bits per heavy atom. The van der Waals surface area contributed by atoms with Crippen LogP contribution in [0, 0.1) is 0 Å². The first-order valence-electron chi connectivity index (χ1n) is 5.62. The molecule has 98 valence electrons. The molecule has 0 amide bonds. The maximum atomic E-state index is 11.7. The van der Waals surface area contributed by atoms with Crippen molar-refractivity contribution in [1.82, 2.24) is 0 Å². The number of esters is 2. The lowest BCUT2D eigenvalue weighted by Gasteiger charge is -2.13. The van der Waals surface area contributed by atoms with Crippen molar-refractivity contribution in [1.29, 1.82) is 0 Å². The minimum atomic E-state index is -0.570. The highest BCUT2D eigenvalue weighted by Gasteiger charge is 2.24. The number of benzene rings is 1. The molecule has 1 rings (SSSR count). The standard InChI is InChI=1S/C13H16O4S/c1-3-17-13(15)11(9-12(14)16-2)18-10-7-5-4-6-8-10/h4-8,11H,3,9H2,1-2H3. The first-order valence-corrected chi connectivity index (χ1v) is 6.50. The van der Waals surface area contributed by atoms with Crippen LogP contribution in [0.3, 0.4) is 0 Å². The number of carbonyl (C=O) groups is 2. The first-order chi connectivity index (χ1) is 8.67. The van der Waals surface area contributed by atoms with Gasteiger partial charge in [-0.3, -0.25) is 9.59 Å². The molecule has 1 aromatic rings. The van der Waals surface area contributed by atoms with Crippen LogP contribution in [-0.4, -0.2) is 30.9 Å². The zero-order valence-electron chi connectivity index (χ0n) is 10.4. The highest BCUT2D eigenvalue weighted by Crippen LogP contribution is 2.26. The van der Waals surface area contributed by atoms with Gasteiger partial charge in [-0.05, 0) is 19.1 Å². The molecular formula is C13H16O4S. The fourth-order valence-corrected chi connectivity index (χ4v) is 2.33. The number of rotatable bonds is 6. The fourth-order valence-electron chi connectivity index (χ4n) is 1.31. The van der Waals surface area contributed by atoms with Crippen LogP contribution in [0.25, 0.3) is 0 Å². The van der Waals surface area contributed by atoms with Crippen molar-refractivity contribution < 1.29 is 19.1 Å². The Morgan fingerprint density at radius 2 is 1.94 bits per heavy atom. The summed E-state index contributed by atoms with van der Waals surface area (Å²) in [4.78, 5) is 23.9. The summed E-state index contributed by atoms with van der Waals surface area (Å²) in [6, 6.07) is 9.41. The molecule has 0 saturated heterocycles. The molecule has 1 atom stereocenters. The van der Waals surface area contributed by atoms with E-state index in [-0.39, 0.29) is 6.42 Å². The van der Waals surface area contributed by atoms with E-state index in [4.69, 9.17) is 4.74 Å². The molecule has 0 bridgehead atoms. The van der Waals surface area contributed by atoms with E-state index in [2.05, 4.69) is 4.74 Å². The Balaban J connectivity index is 2.71. The van der Waals surface area contributed by atoms with Crippen LogP contribution >= 0.6 is 11.8 Å². The van der Waals surface area contributed by atoms with Crippen molar-refractivity contribution in [3.63, 3.8) is 0 Å². The lowest BCUT2D eigenvalue weighted by Crippen LogP contribution is -2.24. The van der Waals surface area contributed by atoms with Crippen LogP contribution in [0.15, 0.2) is 35.2 Å². The smallest absolute Gasteiger partial charge is 0.320 e. The second-order valence-corrected chi connectivity index (χ2v) is 4.73. The van der Waals surface area contributed by atoms with Gasteiger partial charge >= 0.3 is 11.9 Å². The summed E-state index contributed by atoms with van der Waals surface area (Å²) in [6.07, 6.45) is 0.00882. The molecule has 18 heavy (non-hydrogen) atoms. The Morgan fingerprint density at radius 1 is 1.28 bits per heavy atom. The second-order valence-electron chi connectivity index (χ2n) is 3.45. The molecule has 4 nitrogen and oxygen atoms in total. The normalized spacial score (nSPS) is 11.7. The molecule has 0 saturated carbocycles. The van der Waals surface area contributed by atoms with E-state index in [1.54, 1.807) is 6.92 Å². The summed E-state index contributed by atoms with van der Waals surface area (Å²) < 4.78 is 9.54. The first kappa shape index (κ1) is 14.6. The maximum Gasteiger partial charge on any atom is 0.320 e. The van der Waals surface area contributed by atoms with Gasteiger partial charge in [-0.15, -0.1) is 11.8 Å². The lowest BCUT2D eigenvalue weighted by molar-refractivity contribution is -0.147. The van der Waals surface area contributed by atoms with E-state index < -0.39 is 17.2 Å². The van der Waals surface area contributed by atoms with E-state index in [1.807, 2.05) is 30.3 Å². The molecule has 0 heterocycles. The number of thioether (sulfide) groups is 1. The van der Waals surface area contributed by atoms with Crippen molar-refractivity contribution >= 4 is 23.7 Å². The van der Waals surface area contributed by atoms with Crippen LogP contribution in [0.1, 0.15) is 13.3 Å². The Bertz CT molecular complexity index is 391. The average Bonchev–Trinajstić information content (AvgIpc) is 2.39. The van der Waals surface area contributed by atoms with Gasteiger partial charge in [-0.1, -0.05) is 18.2 Å². The third-order valence-electron chi connectivity index (χ3n) is 2.15. The number of hydrogen-bond donors (Lipinski definition) is 0. The third-order valence-corrected chi connectivity index (χ3v) is 3.34. The quantitative estimate of drug-likeness (QED) is 0.585. The van der Waals surface area contributed by atoms with Crippen LogP contribution in [0.2, 0.25) is 0 Å². The van der Waals surface area contributed by atoms with E-state index in [9.17, 15) is 9.59 Å². The molecule has 0 aliphatic carbocycles. The van der Waals surface area contributed by atoms with Crippen LogP contribution in [-0.2, 0) is 19.1 Å². The Labute approximate surface area is 111 Å². The summed E-state index contributed by atoms with van der Waals surface area (Å²) in [7, 11) is 1.30. The summed E-state index contributed by atoms with van der Waals surface area (Å²) in [6.45, 7) is 2.03. The van der Waals surface area contributed by atoms with E-state index in [0.29, 0.717) is 6.61 Å². The topological polar surface area (TPSA) is 52.6 Å². The molecule has 0 aromatic heterocycles. The summed E-state index contributed by atoms with van der Waals surface area (Å²) >= 11 is 1.31. The number of carbonyl (C=O) groups excluding carboxylic acids is 2. The molecule has 5 heteroatoms. The van der Waals surface area contributed by atoms with Gasteiger partial charge < -0.3 is 9.47 Å². The minimum Gasteiger partial charge on any atom is -0.469 e. The Kier molecular flexibility index (Phi) is 6.28. The van der Waals surface area contributed by atoms with Gasteiger partial charge in [-0.2, -0.15) is 0 Å². The molecule has 0 fully saturated rings. The van der Waals surface area contributed by atoms with Gasteiger partial charge in [0.1, 0.15) is 5.25 Å². The van der Waals surface area contributed by atoms with Gasteiger partial charge in [-0.25, -0.2) is 0 Å². The SMILES string of the molecule is CCOC(=O)C(CC(=O)OC)Sc1ccccc1. The summed E-state index contributed by atoms with van der Waals surface area (Å²) in [5.74, 6) is -0.812. The summed E-state index contributed by atoms with van der Waals surface area (Å²) in [5.41, 5.74) is 0. The van der Waals surface area contributed by atoms with E-state index in [0.717, 1.165) is 4.90 Å². The summed E-state index contributed by atoms with van der Waals surface area (Å²) in [5, 5.41) is -0.570. The predicted octanol–water partition coefficient (Wildman–Crippen LogP) is 2.27. The largest absolute Gasteiger partial charge is 0.469 e. The zero-order chi connectivity index (χ0) is 13.4. The van der Waals surface area contributed by atoms with E-state index in [1.165, 1.54) is 18.9 Å². The third kappa shape index (κ3) is 4.79. The van der Waals surface area contributed by atoms with Gasteiger partial charge in [0.25, 0.3) is 0 Å². The molecule has 0 aliphatic rings. The number of methoxy groups -OCH3 is 1. The average molecular weight is 268 g/mol. The molecule has 0 aliphatic heterocycles. The highest BCUT2D eigenvalue weighted by atomic mass is 32.2.